The lowest BCUT2D eigenvalue weighted by Crippen LogP contribution is -2.50. The molecular weight excluding hydrogens is 310 g/mol. The van der Waals surface area contributed by atoms with Crippen molar-refractivity contribution in [1.82, 2.24) is 10.3 Å². The van der Waals surface area contributed by atoms with Gasteiger partial charge in [0.05, 0.1) is 11.3 Å². The molecule has 0 unspecified atom stereocenters. The molecule has 1 aromatic heterocycles. The molecule has 1 aliphatic carbocycles. The Morgan fingerprint density at radius 1 is 1.39 bits per heavy atom. The summed E-state index contributed by atoms with van der Waals surface area (Å²) in [5.74, 6) is -0.138. The number of rotatable bonds is 4. The van der Waals surface area contributed by atoms with E-state index in [4.69, 9.17) is 4.42 Å². The Balaban J connectivity index is 1.66. The van der Waals surface area contributed by atoms with Crippen LogP contribution >= 0.6 is 11.8 Å². The maximum Gasteiger partial charge on any atom is 0.257 e. The van der Waals surface area contributed by atoms with E-state index in [0.717, 1.165) is 37.6 Å². The number of fused-ring (bicyclic) bond motifs is 1. The average Bonchev–Trinajstić information content (AvgIpc) is 2.97. The number of nitriles is 1. The first-order chi connectivity index (χ1) is 11.1. The van der Waals surface area contributed by atoms with Crippen molar-refractivity contribution in [2.24, 2.45) is 0 Å². The highest BCUT2D eigenvalue weighted by Gasteiger charge is 2.35. The highest BCUT2D eigenvalue weighted by molar-refractivity contribution is 8.00. The lowest BCUT2D eigenvalue weighted by molar-refractivity contribution is -0.122. The molecule has 1 atom stereocenters. The first kappa shape index (κ1) is 15.9. The normalized spacial score (nSPS) is 18.3. The van der Waals surface area contributed by atoms with Crippen LogP contribution in [0.1, 0.15) is 39.0 Å². The van der Waals surface area contributed by atoms with Crippen molar-refractivity contribution >= 4 is 28.8 Å². The molecule has 0 radical (unpaired) electrons. The van der Waals surface area contributed by atoms with Crippen molar-refractivity contribution < 1.29 is 9.21 Å². The summed E-state index contributed by atoms with van der Waals surface area (Å²) in [6.07, 6.45) is 4.57. The highest BCUT2D eigenvalue weighted by atomic mass is 32.2. The number of nitrogens with one attached hydrogen (secondary N) is 1. The van der Waals surface area contributed by atoms with Gasteiger partial charge in [-0.3, -0.25) is 4.79 Å². The number of benzene rings is 1. The lowest BCUT2D eigenvalue weighted by Gasteiger charge is -2.32. The second kappa shape index (κ2) is 6.63. The molecular formula is C17H19N3O2S. The Bertz CT molecular complexity index is 711. The molecule has 5 nitrogen and oxygen atoms in total. The minimum Gasteiger partial charge on any atom is -0.431 e. The Morgan fingerprint density at radius 2 is 2.13 bits per heavy atom. The van der Waals surface area contributed by atoms with E-state index in [0.29, 0.717) is 10.8 Å². The van der Waals surface area contributed by atoms with Gasteiger partial charge in [0.1, 0.15) is 11.1 Å². The predicted molar refractivity (Wildman–Crippen MR) is 88.9 cm³/mol. The monoisotopic (exact) mass is 329 g/mol. The van der Waals surface area contributed by atoms with E-state index in [1.165, 1.54) is 11.8 Å². The van der Waals surface area contributed by atoms with E-state index in [2.05, 4.69) is 16.4 Å². The van der Waals surface area contributed by atoms with E-state index >= 15 is 0 Å². The summed E-state index contributed by atoms with van der Waals surface area (Å²) in [6, 6.07) is 9.82. The summed E-state index contributed by atoms with van der Waals surface area (Å²) < 4.78 is 5.64. The average molecular weight is 329 g/mol. The maximum absolute atomic E-state index is 12.4. The summed E-state index contributed by atoms with van der Waals surface area (Å²) in [5.41, 5.74) is 0.789. The Labute approximate surface area is 139 Å². The van der Waals surface area contributed by atoms with Crippen LogP contribution in [-0.2, 0) is 4.79 Å². The van der Waals surface area contributed by atoms with Crippen molar-refractivity contribution in [3.8, 4) is 6.07 Å². The fraction of sp³-hybridized carbons (Fsp3) is 0.471. The Hall–Kier alpha value is -2.00. The number of carbonyl (C=O) groups is 1. The van der Waals surface area contributed by atoms with Crippen molar-refractivity contribution in [2.75, 3.05) is 0 Å². The first-order valence-corrected chi connectivity index (χ1v) is 8.75. The van der Waals surface area contributed by atoms with E-state index in [1.54, 1.807) is 0 Å². The van der Waals surface area contributed by atoms with Gasteiger partial charge < -0.3 is 9.73 Å². The van der Waals surface area contributed by atoms with Gasteiger partial charge in [0, 0.05) is 0 Å². The Morgan fingerprint density at radius 3 is 2.83 bits per heavy atom. The smallest absolute Gasteiger partial charge is 0.257 e. The van der Waals surface area contributed by atoms with Gasteiger partial charge in [-0.05, 0) is 31.9 Å². The largest absolute Gasteiger partial charge is 0.431 e. The van der Waals surface area contributed by atoms with Crippen LogP contribution in [0.15, 0.2) is 33.9 Å². The highest BCUT2D eigenvalue weighted by Crippen LogP contribution is 2.30. The molecule has 0 bridgehead atoms. The predicted octanol–water partition coefficient (Wildman–Crippen LogP) is 3.65. The number of hydrogen-bond donors (Lipinski definition) is 1. The van der Waals surface area contributed by atoms with Gasteiger partial charge in [0.15, 0.2) is 5.58 Å². The topological polar surface area (TPSA) is 78.9 Å². The van der Waals surface area contributed by atoms with E-state index < -0.39 is 5.54 Å². The van der Waals surface area contributed by atoms with Gasteiger partial charge in [0.2, 0.25) is 5.91 Å². The number of oxazole rings is 1. The van der Waals surface area contributed by atoms with Gasteiger partial charge in [-0.1, -0.05) is 43.2 Å². The van der Waals surface area contributed by atoms with Crippen molar-refractivity contribution in [1.29, 1.82) is 5.26 Å². The molecule has 1 heterocycles. The zero-order chi connectivity index (χ0) is 16.3. The number of hydrogen-bond acceptors (Lipinski definition) is 5. The fourth-order valence-corrected chi connectivity index (χ4v) is 3.62. The number of nitrogens with zero attached hydrogens (tertiary/aromatic N) is 2. The molecule has 0 saturated heterocycles. The molecule has 2 aromatic rings. The summed E-state index contributed by atoms with van der Waals surface area (Å²) in [5, 5.41) is 12.5. The molecule has 120 valence electrons. The third-order valence-electron chi connectivity index (χ3n) is 4.20. The molecule has 1 N–H and O–H groups in total. The van der Waals surface area contributed by atoms with Crippen molar-refractivity contribution in [3.05, 3.63) is 24.3 Å². The number of thioether (sulfide) groups is 1. The van der Waals surface area contributed by atoms with E-state index in [9.17, 15) is 10.1 Å². The minimum atomic E-state index is -0.703. The molecule has 3 rings (SSSR count). The summed E-state index contributed by atoms with van der Waals surface area (Å²) in [7, 11) is 0. The summed E-state index contributed by atoms with van der Waals surface area (Å²) >= 11 is 1.28. The Kier molecular flexibility index (Phi) is 4.58. The van der Waals surface area contributed by atoms with Crippen LogP contribution in [0.25, 0.3) is 11.1 Å². The lowest BCUT2D eigenvalue weighted by atomic mass is 9.83. The minimum absolute atomic E-state index is 0.138. The standard InChI is InChI=1S/C17H19N3O2S/c1-12(15(21)20-17(11-18)9-5-2-6-10-17)23-16-19-13-7-3-4-8-14(13)22-16/h3-4,7-8,12H,2,5-6,9-10H2,1H3,(H,20,21)/t12-/m1/s1. The zero-order valence-corrected chi connectivity index (χ0v) is 13.9. The molecule has 1 amide bonds. The molecule has 1 saturated carbocycles. The second-order valence-electron chi connectivity index (χ2n) is 5.95. The molecule has 1 fully saturated rings. The maximum atomic E-state index is 12.4. The number of amides is 1. The van der Waals surface area contributed by atoms with Gasteiger partial charge in [-0.25, -0.2) is 4.98 Å². The third kappa shape index (κ3) is 3.50. The fourth-order valence-electron chi connectivity index (χ4n) is 2.86. The van der Waals surface area contributed by atoms with Gasteiger partial charge in [-0.15, -0.1) is 0 Å². The second-order valence-corrected chi connectivity index (χ2v) is 7.24. The molecule has 6 heteroatoms. The molecule has 0 aliphatic heterocycles. The quantitative estimate of drug-likeness (QED) is 0.866. The van der Waals surface area contributed by atoms with Crippen molar-refractivity contribution in [2.45, 2.75) is 55.0 Å². The van der Waals surface area contributed by atoms with Crippen molar-refractivity contribution in [3.63, 3.8) is 0 Å². The van der Waals surface area contributed by atoms with Gasteiger partial charge in [-0.2, -0.15) is 5.26 Å². The van der Waals surface area contributed by atoms with Crippen LogP contribution in [0.2, 0.25) is 0 Å². The van der Waals surface area contributed by atoms with Crippen LogP contribution in [0.4, 0.5) is 0 Å². The SMILES string of the molecule is C[C@@H](Sc1nc2ccccc2o1)C(=O)NC1(C#N)CCCCC1. The van der Waals surface area contributed by atoms with E-state index in [-0.39, 0.29) is 11.2 Å². The van der Waals surface area contributed by atoms with Gasteiger partial charge in [0.25, 0.3) is 5.22 Å². The van der Waals surface area contributed by atoms with Crippen LogP contribution in [0.5, 0.6) is 0 Å². The van der Waals surface area contributed by atoms with Crippen LogP contribution in [0.3, 0.4) is 0 Å². The van der Waals surface area contributed by atoms with Crippen LogP contribution in [-0.4, -0.2) is 21.7 Å². The number of aromatic nitrogens is 1. The molecule has 1 aromatic carbocycles. The zero-order valence-electron chi connectivity index (χ0n) is 13.0. The van der Waals surface area contributed by atoms with E-state index in [1.807, 2.05) is 31.2 Å². The molecule has 0 spiro atoms. The summed E-state index contributed by atoms with van der Waals surface area (Å²) in [4.78, 5) is 16.8. The van der Waals surface area contributed by atoms with Gasteiger partial charge >= 0.3 is 0 Å². The number of para-hydroxylation sites is 2. The third-order valence-corrected chi connectivity index (χ3v) is 5.15. The molecule has 23 heavy (non-hydrogen) atoms. The summed E-state index contributed by atoms with van der Waals surface area (Å²) in [6.45, 7) is 1.81. The number of carbonyl (C=O) groups excluding carboxylic acids is 1. The van der Waals surface area contributed by atoms with Crippen LogP contribution < -0.4 is 5.32 Å². The molecule has 1 aliphatic rings. The van der Waals surface area contributed by atoms with Crippen LogP contribution in [0, 0.1) is 11.3 Å². The first-order valence-electron chi connectivity index (χ1n) is 7.87.